The summed E-state index contributed by atoms with van der Waals surface area (Å²) in [7, 11) is 0. The Kier molecular flexibility index (Phi) is 4.52. The van der Waals surface area contributed by atoms with Crippen molar-refractivity contribution in [2.45, 2.75) is 40.5 Å². The van der Waals surface area contributed by atoms with Gasteiger partial charge in [-0.2, -0.15) is 0 Å². The van der Waals surface area contributed by atoms with Crippen LogP contribution in [-0.4, -0.2) is 4.98 Å². The van der Waals surface area contributed by atoms with Crippen molar-refractivity contribution in [1.82, 2.24) is 4.98 Å². The topological polar surface area (TPSA) is 12.9 Å². The molecule has 1 rings (SSSR count). The van der Waals surface area contributed by atoms with Crippen molar-refractivity contribution in [1.29, 1.82) is 0 Å². The number of aromatic nitrogens is 1. The van der Waals surface area contributed by atoms with Crippen molar-refractivity contribution in [2.24, 2.45) is 5.41 Å². The van der Waals surface area contributed by atoms with E-state index in [1.165, 1.54) is 0 Å². The zero-order valence-corrected chi connectivity index (χ0v) is 10.7. The van der Waals surface area contributed by atoms with E-state index in [0.29, 0.717) is 0 Å². The van der Waals surface area contributed by atoms with Crippen molar-refractivity contribution < 1.29 is 0 Å². The van der Waals surface area contributed by atoms with Crippen LogP contribution in [0.15, 0.2) is 36.1 Å². The van der Waals surface area contributed by atoms with Crippen molar-refractivity contribution >= 4 is 0 Å². The van der Waals surface area contributed by atoms with Gasteiger partial charge in [0.2, 0.25) is 0 Å². The number of pyridine rings is 1. The van der Waals surface area contributed by atoms with Crippen molar-refractivity contribution in [3.05, 3.63) is 47.5 Å². The summed E-state index contributed by atoms with van der Waals surface area (Å²) >= 11 is 0. The van der Waals surface area contributed by atoms with Gasteiger partial charge in [-0.05, 0) is 49.5 Å². The molecule has 0 radical (unpaired) electrons. The van der Waals surface area contributed by atoms with E-state index in [1.807, 2.05) is 13.0 Å². The Bertz CT molecular complexity index is 390. The maximum absolute atomic E-state index is 4.46. The lowest BCUT2D eigenvalue weighted by Crippen LogP contribution is -1.97. The van der Waals surface area contributed by atoms with E-state index in [1.54, 1.807) is 0 Å². The fraction of sp³-hybridized carbons (Fsp3) is 0.467. The molecular weight excluding hydrogens is 194 g/mol. The third-order valence-corrected chi connectivity index (χ3v) is 2.13. The molecule has 0 amide bonds. The first kappa shape index (κ1) is 12.7. The maximum atomic E-state index is 4.46. The summed E-state index contributed by atoms with van der Waals surface area (Å²) in [4.78, 5) is 4.46. The molecule has 0 unspecified atom stereocenters. The zero-order chi connectivity index (χ0) is 12.0. The molecule has 86 valence electrons. The molecule has 1 aromatic rings. The van der Waals surface area contributed by atoms with Crippen molar-refractivity contribution in [3.63, 3.8) is 0 Å². The van der Waals surface area contributed by atoms with Crippen LogP contribution in [-0.2, 0) is 6.42 Å². The van der Waals surface area contributed by atoms with Gasteiger partial charge in [0.1, 0.15) is 0 Å². The molecule has 16 heavy (non-hydrogen) atoms. The minimum absolute atomic E-state index is 0.220. The predicted molar refractivity (Wildman–Crippen MR) is 69.4 cm³/mol. The summed E-state index contributed by atoms with van der Waals surface area (Å²) in [6, 6.07) is 6.17. The molecule has 0 saturated carbocycles. The molecule has 0 fully saturated rings. The Balaban J connectivity index is 2.45. The number of allylic oxidation sites excluding steroid dienone is 1. The summed E-state index contributed by atoms with van der Waals surface area (Å²) < 4.78 is 0. The third-order valence-electron chi connectivity index (χ3n) is 2.13. The molecule has 0 N–H and O–H groups in total. The quantitative estimate of drug-likeness (QED) is 0.692. The van der Waals surface area contributed by atoms with Crippen LogP contribution in [0.2, 0.25) is 0 Å². The standard InChI is InChI=1S/C15H21N/c1-13-9-8-11-14(16-13)10-6-5-7-12-15(2,3)4/h5,8-9,11-12H,6,10H2,1-4H3. The molecule has 1 aromatic heterocycles. The van der Waals surface area contributed by atoms with Crippen LogP contribution in [0.5, 0.6) is 0 Å². The number of nitrogens with zero attached hydrogens (tertiary/aromatic N) is 1. The highest BCUT2D eigenvalue weighted by atomic mass is 14.7. The monoisotopic (exact) mass is 215 g/mol. The van der Waals surface area contributed by atoms with E-state index < -0.39 is 0 Å². The van der Waals surface area contributed by atoms with Crippen LogP contribution in [0.4, 0.5) is 0 Å². The Morgan fingerprint density at radius 2 is 2.06 bits per heavy atom. The fourth-order valence-electron chi connectivity index (χ4n) is 1.35. The zero-order valence-electron chi connectivity index (χ0n) is 10.7. The minimum atomic E-state index is 0.220. The van der Waals surface area contributed by atoms with Gasteiger partial charge in [0.05, 0.1) is 0 Å². The molecule has 0 aliphatic carbocycles. The second kappa shape index (κ2) is 5.67. The second-order valence-corrected chi connectivity index (χ2v) is 5.19. The van der Waals surface area contributed by atoms with Gasteiger partial charge in [-0.15, -0.1) is 5.73 Å². The Morgan fingerprint density at radius 1 is 1.31 bits per heavy atom. The molecule has 0 bridgehead atoms. The largest absolute Gasteiger partial charge is 0.258 e. The van der Waals surface area contributed by atoms with Gasteiger partial charge in [0.15, 0.2) is 0 Å². The van der Waals surface area contributed by atoms with E-state index in [-0.39, 0.29) is 5.41 Å². The van der Waals surface area contributed by atoms with Gasteiger partial charge in [0, 0.05) is 11.4 Å². The second-order valence-electron chi connectivity index (χ2n) is 5.19. The van der Waals surface area contributed by atoms with E-state index in [0.717, 1.165) is 24.2 Å². The van der Waals surface area contributed by atoms with Gasteiger partial charge >= 0.3 is 0 Å². The van der Waals surface area contributed by atoms with E-state index in [9.17, 15) is 0 Å². The molecule has 0 atom stereocenters. The summed E-state index contributed by atoms with van der Waals surface area (Å²) in [6.45, 7) is 8.56. The summed E-state index contributed by atoms with van der Waals surface area (Å²) in [6.07, 6.45) is 6.20. The van der Waals surface area contributed by atoms with Crippen molar-refractivity contribution in [3.8, 4) is 0 Å². The molecule has 0 aromatic carbocycles. The first-order chi connectivity index (χ1) is 7.47. The van der Waals surface area contributed by atoms with Crippen LogP contribution in [0.3, 0.4) is 0 Å². The smallest absolute Gasteiger partial charge is 0.0410 e. The number of hydrogen-bond acceptors (Lipinski definition) is 1. The predicted octanol–water partition coefficient (Wildman–Crippen LogP) is 4.08. The van der Waals surface area contributed by atoms with Crippen LogP contribution in [0.25, 0.3) is 0 Å². The van der Waals surface area contributed by atoms with Crippen LogP contribution in [0.1, 0.15) is 38.6 Å². The lowest BCUT2D eigenvalue weighted by atomic mass is 9.97. The highest BCUT2D eigenvalue weighted by molar-refractivity contribution is 5.10. The van der Waals surface area contributed by atoms with Gasteiger partial charge in [0.25, 0.3) is 0 Å². The fourth-order valence-corrected chi connectivity index (χ4v) is 1.35. The SMILES string of the molecule is Cc1cccc(CCC=C=CC(C)(C)C)n1. The Morgan fingerprint density at radius 3 is 2.69 bits per heavy atom. The normalized spacial score (nSPS) is 10.8. The Hall–Kier alpha value is -1.33. The molecule has 0 saturated heterocycles. The lowest BCUT2D eigenvalue weighted by molar-refractivity contribution is 0.545. The molecule has 1 nitrogen and oxygen atoms in total. The summed E-state index contributed by atoms with van der Waals surface area (Å²) in [5.74, 6) is 0. The van der Waals surface area contributed by atoms with Crippen molar-refractivity contribution in [2.75, 3.05) is 0 Å². The highest BCUT2D eigenvalue weighted by Gasteiger charge is 2.01. The highest BCUT2D eigenvalue weighted by Crippen LogP contribution is 2.13. The van der Waals surface area contributed by atoms with E-state index in [4.69, 9.17) is 0 Å². The summed E-state index contributed by atoms with van der Waals surface area (Å²) in [5.41, 5.74) is 5.70. The lowest BCUT2D eigenvalue weighted by Gasteiger charge is -2.08. The average molecular weight is 215 g/mol. The summed E-state index contributed by atoms with van der Waals surface area (Å²) in [5, 5.41) is 0. The molecular formula is C15H21N. The van der Waals surface area contributed by atoms with Crippen LogP contribution < -0.4 is 0 Å². The number of hydrogen-bond donors (Lipinski definition) is 0. The maximum Gasteiger partial charge on any atom is 0.0410 e. The third kappa shape index (κ3) is 5.53. The molecule has 0 spiro atoms. The first-order valence-corrected chi connectivity index (χ1v) is 5.82. The van der Waals surface area contributed by atoms with Gasteiger partial charge in [-0.1, -0.05) is 26.8 Å². The van der Waals surface area contributed by atoms with E-state index >= 15 is 0 Å². The van der Waals surface area contributed by atoms with Gasteiger partial charge < -0.3 is 0 Å². The molecule has 0 aliphatic rings. The van der Waals surface area contributed by atoms with Gasteiger partial charge in [-0.3, -0.25) is 4.98 Å². The minimum Gasteiger partial charge on any atom is -0.258 e. The van der Waals surface area contributed by atoms with Crippen LogP contribution in [0, 0.1) is 12.3 Å². The number of aryl methyl sites for hydroxylation is 2. The molecule has 1 heteroatoms. The van der Waals surface area contributed by atoms with Crippen LogP contribution >= 0.6 is 0 Å². The first-order valence-electron chi connectivity index (χ1n) is 5.82. The molecule has 0 aliphatic heterocycles. The number of rotatable bonds is 3. The average Bonchev–Trinajstić information content (AvgIpc) is 2.15. The van der Waals surface area contributed by atoms with E-state index in [2.05, 4.69) is 55.8 Å². The van der Waals surface area contributed by atoms with Gasteiger partial charge in [-0.25, -0.2) is 0 Å². The Labute approximate surface area is 98.9 Å². The molecule has 1 heterocycles.